The predicted molar refractivity (Wildman–Crippen MR) is 92.2 cm³/mol. The third-order valence-corrected chi connectivity index (χ3v) is 3.69. The van der Waals surface area contributed by atoms with Crippen molar-refractivity contribution in [3.63, 3.8) is 0 Å². The lowest BCUT2D eigenvalue weighted by Crippen LogP contribution is -2.16. The molecule has 0 aliphatic heterocycles. The number of imidazole rings is 1. The smallest absolute Gasteiger partial charge is 0.257 e. The second kappa shape index (κ2) is 6.86. The molecule has 0 aliphatic carbocycles. The van der Waals surface area contributed by atoms with Gasteiger partial charge < -0.3 is 4.57 Å². The Morgan fingerprint density at radius 1 is 1.09 bits per heavy atom. The van der Waals surface area contributed by atoms with Crippen LogP contribution in [0.1, 0.15) is 15.9 Å². The van der Waals surface area contributed by atoms with E-state index in [0.717, 1.165) is 5.56 Å². The molecule has 1 amide bonds. The minimum absolute atomic E-state index is 0.206. The Bertz CT molecular complexity index is 811. The molecule has 0 saturated heterocycles. The standard InChI is InChI=1S/C17H13Cl2N3O/c18-14-8-12(9-15(19)10-14)11-22-7-6-20-17(22)21-16(23)13-4-2-1-3-5-13/h1-10H,11H2,(H,20,21,23). The Morgan fingerprint density at radius 2 is 1.78 bits per heavy atom. The van der Waals surface area contributed by atoms with Crippen LogP contribution in [0.15, 0.2) is 60.9 Å². The van der Waals surface area contributed by atoms with Gasteiger partial charge in [-0.3, -0.25) is 10.1 Å². The van der Waals surface area contributed by atoms with E-state index in [4.69, 9.17) is 23.2 Å². The molecule has 0 bridgehead atoms. The highest BCUT2D eigenvalue weighted by molar-refractivity contribution is 6.34. The summed E-state index contributed by atoms with van der Waals surface area (Å²) in [5, 5.41) is 3.95. The van der Waals surface area contributed by atoms with Crippen molar-refractivity contribution in [3.05, 3.63) is 82.1 Å². The van der Waals surface area contributed by atoms with E-state index in [2.05, 4.69) is 10.3 Å². The van der Waals surface area contributed by atoms with Crippen LogP contribution in [0.3, 0.4) is 0 Å². The fraction of sp³-hybridized carbons (Fsp3) is 0.0588. The van der Waals surface area contributed by atoms with Crippen LogP contribution < -0.4 is 5.32 Å². The molecule has 0 saturated carbocycles. The van der Waals surface area contributed by atoms with Crippen molar-refractivity contribution < 1.29 is 4.79 Å². The van der Waals surface area contributed by atoms with Crippen LogP contribution in [-0.2, 0) is 6.54 Å². The summed E-state index contributed by atoms with van der Waals surface area (Å²) in [5.41, 5.74) is 1.50. The first-order chi connectivity index (χ1) is 11.1. The van der Waals surface area contributed by atoms with Gasteiger partial charge in [0.15, 0.2) is 0 Å². The maximum atomic E-state index is 12.2. The number of carbonyl (C=O) groups is 1. The number of hydrogen-bond donors (Lipinski definition) is 1. The molecule has 6 heteroatoms. The van der Waals surface area contributed by atoms with Crippen molar-refractivity contribution >= 4 is 35.1 Å². The van der Waals surface area contributed by atoms with Crippen molar-refractivity contribution in [2.45, 2.75) is 6.54 Å². The van der Waals surface area contributed by atoms with Crippen LogP contribution in [-0.4, -0.2) is 15.5 Å². The average Bonchev–Trinajstić information content (AvgIpc) is 2.94. The van der Waals surface area contributed by atoms with Gasteiger partial charge in [0.1, 0.15) is 0 Å². The second-order valence-corrected chi connectivity index (χ2v) is 5.85. The molecule has 4 nitrogen and oxygen atoms in total. The van der Waals surface area contributed by atoms with E-state index in [9.17, 15) is 4.79 Å². The predicted octanol–water partition coefficient (Wildman–Crippen LogP) is 4.49. The topological polar surface area (TPSA) is 46.9 Å². The van der Waals surface area contributed by atoms with Crippen molar-refractivity contribution in [2.75, 3.05) is 5.32 Å². The van der Waals surface area contributed by atoms with Gasteiger partial charge in [-0.15, -0.1) is 0 Å². The number of halogens is 2. The van der Waals surface area contributed by atoms with Gasteiger partial charge in [0.05, 0.1) is 6.54 Å². The fourth-order valence-electron chi connectivity index (χ4n) is 2.22. The first kappa shape index (κ1) is 15.6. The van der Waals surface area contributed by atoms with Gasteiger partial charge in [-0.25, -0.2) is 4.98 Å². The normalized spacial score (nSPS) is 10.5. The quantitative estimate of drug-likeness (QED) is 0.757. The Kier molecular flexibility index (Phi) is 4.65. The molecule has 1 aromatic heterocycles. The summed E-state index contributed by atoms with van der Waals surface area (Å²) in [6.07, 6.45) is 3.42. The molecule has 0 radical (unpaired) electrons. The van der Waals surface area contributed by atoms with Crippen LogP contribution in [0.25, 0.3) is 0 Å². The number of rotatable bonds is 4. The molecule has 2 aromatic carbocycles. The molecular formula is C17H13Cl2N3O. The van der Waals surface area contributed by atoms with E-state index in [1.165, 1.54) is 0 Å². The van der Waals surface area contributed by atoms with E-state index in [0.29, 0.717) is 28.1 Å². The van der Waals surface area contributed by atoms with Gasteiger partial charge in [-0.05, 0) is 35.9 Å². The van der Waals surface area contributed by atoms with Gasteiger partial charge in [-0.1, -0.05) is 41.4 Å². The largest absolute Gasteiger partial charge is 0.313 e. The van der Waals surface area contributed by atoms with Gasteiger partial charge in [0, 0.05) is 28.0 Å². The SMILES string of the molecule is O=C(Nc1nccn1Cc1cc(Cl)cc(Cl)c1)c1ccccc1. The molecule has 1 heterocycles. The molecule has 0 unspecified atom stereocenters. The Labute approximate surface area is 143 Å². The number of carbonyl (C=O) groups excluding carboxylic acids is 1. The van der Waals surface area contributed by atoms with E-state index in [1.54, 1.807) is 30.6 Å². The van der Waals surface area contributed by atoms with Crippen molar-refractivity contribution in [2.24, 2.45) is 0 Å². The number of nitrogens with zero attached hydrogens (tertiary/aromatic N) is 2. The summed E-state index contributed by atoms with van der Waals surface area (Å²) >= 11 is 12.0. The van der Waals surface area contributed by atoms with Crippen molar-refractivity contribution in [3.8, 4) is 0 Å². The van der Waals surface area contributed by atoms with Crippen LogP contribution >= 0.6 is 23.2 Å². The van der Waals surface area contributed by atoms with Crippen LogP contribution in [0.2, 0.25) is 10.0 Å². The van der Waals surface area contributed by atoms with Gasteiger partial charge in [0.25, 0.3) is 5.91 Å². The Hall–Kier alpha value is -2.30. The number of aromatic nitrogens is 2. The highest BCUT2D eigenvalue weighted by Gasteiger charge is 2.10. The summed E-state index contributed by atoms with van der Waals surface area (Å²) in [5.74, 6) is 0.261. The lowest BCUT2D eigenvalue weighted by Gasteiger charge is -2.10. The van der Waals surface area contributed by atoms with E-state index < -0.39 is 0 Å². The summed E-state index contributed by atoms with van der Waals surface area (Å²) in [6, 6.07) is 14.3. The molecule has 0 spiro atoms. The zero-order valence-corrected chi connectivity index (χ0v) is 13.6. The first-order valence-electron chi connectivity index (χ1n) is 6.94. The summed E-state index contributed by atoms with van der Waals surface area (Å²) < 4.78 is 1.82. The lowest BCUT2D eigenvalue weighted by atomic mass is 10.2. The molecule has 3 aromatic rings. The van der Waals surface area contributed by atoms with E-state index in [1.807, 2.05) is 34.9 Å². The summed E-state index contributed by atoms with van der Waals surface area (Å²) in [7, 11) is 0. The molecule has 0 atom stereocenters. The minimum atomic E-state index is -0.206. The monoisotopic (exact) mass is 345 g/mol. The number of anilines is 1. The zero-order chi connectivity index (χ0) is 16.2. The molecular weight excluding hydrogens is 333 g/mol. The number of amides is 1. The van der Waals surface area contributed by atoms with Gasteiger partial charge in [-0.2, -0.15) is 0 Å². The molecule has 3 rings (SSSR count). The Morgan fingerprint density at radius 3 is 2.48 bits per heavy atom. The van der Waals surface area contributed by atoms with Crippen LogP contribution in [0.4, 0.5) is 5.95 Å². The van der Waals surface area contributed by atoms with Crippen molar-refractivity contribution in [1.29, 1.82) is 0 Å². The minimum Gasteiger partial charge on any atom is -0.313 e. The van der Waals surface area contributed by atoms with Gasteiger partial charge >= 0.3 is 0 Å². The fourth-order valence-corrected chi connectivity index (χ4v) is 2.79. The van der Waals surface area contributed by atoms with Crippen LogP contribution in [0, 0.1) is 0 Å². The van der Waals surface area contributed by atoms with Crippen molar-refractivity contribution in [1.82, 2.24) is 9.55 Å². The second-order valence-electron chi connectivity index (χ2n) is 4.98. The number of hydrogen-bond acceptors (Lipinski definition) is 2. The summed E-state index contributed by atoms with van der Waals surface area (Å²) in [6.45, 7) is 0.505. The lowest BCUT2D eigenvalue weighted by molar-refractivity contribution is 0.102. The Balaban J connectivity index is 1.78. The first-order valence-corrected chi connectivity index (χ1v) is 7.70. The third kappa shape index (κ3) is 3.92. The maximum Gasteiger partial charge on any atom is 0.257 e. The highest BCUT2D eigenvalue weighted by atomic mass is 35.5. The average molecular weight is 346 g/mol. The van der Waals surface area contributed by atoms with E-state index >= 15 is 0 Å². The number of benzene rings is 2. The zero-order valence-electron chi connectivity index (χ0n) is 12.0. The summed E-state index contributed by atoms with van der Waals surface area (Å²) in [4.78, 5) is 16.4. The molecule has 0 fully saturated rings. The van der Waals surface area contributed by atoms with Crippen LogP contribution in [0.5, 0.6) is 0 Å². The number of nitrogens with one attached hydrogen (secondary N) is 1. The molecule has 23 heavy (non-hydrogen) atoms. The van der Waals surface area contributed by atoms with E-state index in [-0.39, 0.29) is 5.91 Å². The molecule has 1 N–H and O–H groups in total. The molecule has 116 valence electrons. The molecule has 0 aliphatic rings. The van der Waals surface area contributed by atoms with Gasteiger partial charge in [0.2, 0.25) is 5.95 Å². The highest BCUT2D eigenvalue weighted by Crippen LogP contribution is 2.20. The maximum absolute atomic E-state index is 12.2. The third-order valence-electron chi connectivity index (χ3n) is 3.25.